The number of fused-ring (bicyclic) bond motifs is 1. The van der Waals surface area contributed by atoms with Gasteiger partial charge >= 0.3 is 5.97 Å². The molecule has 0 spiro atoms. The van der Waals surface area contributed by atoms with E-state index in [0.29, 0.717) is 0 Å². The Morgan fingerprint density at radius 3 is 2.46 bits per heavy atom. The maximum atomic E-state index is 11.1. The molecule has 4 aromatic rings. The van der Waals surface area contributed by atoms with Gasteiger partial charge in [-0.1, -0.05) is 42.5 Å². The smallest absolute Gasteiger partial charge is 0.335 e. The van der Waals surface area contributed by atoms with E-state index < -0.39 is 5.97 Å². The molecule has 136 valence electrons. The number of hydrogen-bond acceptors (Lipinski definition) is 3. The normalized spacial score (nSPS) is 11.6. The average molecular weight is 367 g/mol. The van der Waals surface area contributed by atoms with Crippen LogP contribution in [0.5, 0.6) is 0 Å². The third-order valence-electron chi connectivity index (χ3n) is 4.34. The highest BCUT2D eigenvalue weighted by atomic mass is 16.4. The van der Waals surface area contributed by atoms with Gasteiger partial charge in [0.2, 0.25) is 0 Å². The molecular weight excluding hydrogens is 350 g/mol. The molecule has 0 fully saturated rings. The molecule has 0 saturated heterocycles. The third kappa shape index (κ3) is 3.88. The Labute approximate surface area is 161 Å². The molecule has 28 heavy (non-hydrogen) atoms. The zero-order valence-electron chi connectivity index (χ0n) is 14.9. The lowest BCUT2D eigenvalue weighted by atomic mass is 10.1. The van der Waals surface area contributed by atoms with E-state index in [1.165, 1.54) is 0 Å². The molecule has 5 nitrogen and oxygen atoms in total. The van der Waals surface area contributed by atoms with E-state index in [2.05, 4.69) is 21.2 Å². The summed E-state index contributed by atoms with van der Waals surface area (Å²) < 4.78 is 0. The first-order chi connectivity index (χ1) is 13.7. The zero-order chi connectivity index (χ0) is 19.3. The highest BCUT2D eigenvalue weighted by molar-refractivity contribution is 5.92. The van der Waals surface area contributed by atoms with Gasteiger partial charge in [0.05, 0.1) is 16.8 Å². The van der Waals surface area contributed by atoms with Crippen molar-refractivity contribution in [2.75, 3.05) is 0 Å². The summed E-state index contributed by atoms with van der Waals surface area (Å²) in [5.41, 5.74) is 4.93. The summed E-state index contributed by atoms with van der Waals surface area (Å²) in [4.78, 5) is 15.2. The number of nitrogens with zero attached hydrogens (tertiary/aromatic N) is 2. The van der Waals surface area contributed by atoms with Crippen LogP contribution in [0.2, 0.25) is 0 Å². The Balaban J connectivity index is 1.61. The quantitative estimate of drug-likeness (QED) is 0.487. The van der Waals surface area contributed by atoms with Crippen molar-refractivity contribution in [1.29, 1.82) is 0 Å². The van der Waals surface area contributed by atoms with Crippen LogP contribution in [0.3, 0.4) is 0 Å². The van der Waals surface area contributed by atoms with Crippen molar-refractivity contribution in [3.8, 4) is 0 Å². The molecule has 0 aliphatic heterocycles. The molecule has 2 aromatic heterocycles. The number of rotatable bonds is 5. The number of aromatic carboxylic acids is 1. The molecule has 0 saturated carbocycles. The van der Waals surface area contributed by atoms with Crippen molar-refractivity contribution in [2.45, 2.75) is 0 Å². The van der Waals surface area contributed by atoms with Gasteiger partial charge in [0.25, 0.3) is 0 Å². The maximum absolute atomic E-state index is 11.1. The van der Waals surface area contributed by atoms with Gasteiger partial charge in [-0.25, -0.2) is 4.79 Å². The summed E-state index contributed by atoms with van der Waals surface area (Å²) in [5.74, 6) is -0.930. The molecule has 0 amide bonds. The van der Waals surface area contributed by atoms with Crippen LogP contribution in [0.4, 0.5) is 0 Å². The van der Waals surface area contributed by atoms with Gasteiger partial charge in [-0.15, -0.1) is 0 Å². The second-order valence-corrected chi connectivity index (χ2v) is 6.30. The van der Waals surface area contributed by atoms with Crippen LogP contribution >= 0.6 is 0 Å². The van der Waals surface area contributed by atoms with E-state index in [1.807, 2.05) is 54.6 Å². The number of benzene rings is 2. The number of carboxylic acids is 1. The van der Waals surface area contributed by atoms with Gasteiger partial charge in [0.1, 0.15) is 0 Å². The van der Waals surface area contributed by atoms with Crippen molar-refractivity contribution in [3.63, 3.8) is 0 Å². The maximum Gasteiger partial charge on any atom is 0.335 e. The predicted octanol–water partition coefficient (Wildman–Crippen LogP) is 5.00. The van der Waals surface area contributed by atoms with E-state index in [1.54, 1.807) is 30.6 Å². The highest BCUT2D eigenvalue weighted by Crippen LogP contribution is 2.21. The molecule has 0 unspecified atom stereocenters. The van der Waals surface area contributed by atoms with Gasteiger partial charge in [0, 0.05) is 17.8 Å². The molecule has 0 aliphatic carbocycles. The predicted molar refractivity (Wildman–Crippen MR) is 112 cm³/mol. The SMILES string of the molecule is O=C(O)c1cccc(/C=C/c2ccc3[nH]nc(/C=C/c4cccnc4)c3c2)c1. The molecule has 2 heterocycles. The van der Waals surface area contributed by atoms with Crippen LogP contribution in [0.1, 0.15) is 32.7 Å². The molecule has 2 N–H and O–H groups in total. The molecule has 0 radical (unpaired) electrons. The van der Waals surface area contributed by atoms with Crippen LogP contribution in [-0.4, -0.2) is 26.3 Å². The van der Waals surface area contributed by atoms with Gasteiger partial charge in [0.15, 0.2) is 0 Å². The standard InChI is InChI=1S/C23H17N3O2/c27-23(28)19-5-1-3-16(13-19)6-7-17-8-10-21-20(14-17)22(26-25-21)11-9-18-4-2-12-24-15-18/h1-15H,(H,25,26)(H,27,28)/b7-6+,11-9+. The Hall–Kier alpha value is -3.99. The van der Waals surface area contributed by atoms with Gasteiger partial charge in [-0.3, -0.25) is 10.1 Å². The summed E-state index contributed by atoms with van der Waals surface area (Å²) in [6.45, 7) is 0. The van der Waals surface area contributed by atoms with E-state index in [0.717, 1.165) is 33.3 Å². The highest BCUT2D eigenvalue weighted by Gasteiger charge is 2.04. The summed E-state index contributed by atoms with van der Waals surface area (Å²) in [6, 6.07) is 16.8. The topological polar surface area (TPSA) is 78.9 Å². The molecule has 4 rings (SSSR count). The summed E-state index contributed by atoms with van der Waals surface area (Å²) in [5, 5.41) is 17.5. The average Bonchev–Trinajstić information content (AvgIpc) is 3.14. The van der Waals surface area contributed by atoms with Crippen LogP contribution in [-0.2, 0) is 0 Å². The van der Waals surface area contributed by atoms with Crippen LogP contribution in [0.25, 0.3) is 35.2 Å². The van der Waals surface area contributed by atoms with Gasteiger partial charge in [-0.05, 0) is 53.1 Å². The van der Waals surface area contributed by atoms with E-state index in [4.69, 9.17) is 5.11 Å². The molecule has 0 bridgehead atoms. The number of aromatic amines is 1. The van der Waals surface area contributed by atoms with E-state index in [-0.39, 0.29) is 5.56 Å². The minimum Gasteiger partial charge on any atom is -0.478 e. The number of H-pyrrole nitrogens is 1. The molecule has 2 aromatic carbocycles. The zero-order valence-corrected chi connectivity index (χ0v) is 14.9. The fourth-order valence-corrected chi connectivity index (χ4v) is 2.90. The van der Waals surface area contributed by atoms with Crippen molar-refractivity contribution in [3.05, 3.63) is 94.9 Å². The Bertz CT molecular complexity index is 1190. The lowest BCUT2D eigenvalue weighted by molar-refractivity contribution is 0.0697. The van der Waals surface area contributed by atoms with Crippen molar-refractivity contribution >= 4 is 41.2 Å². The van der Waals surface area contributed by atoms with Gasteiger partial charge in [-0.2, -0.15) is 5.10 Å². The Kier molecular flexibility index (Phi) is 4.80. The number of carboxylic acid groups (broad SMARTS) is 1. The number of pyridine rings is 1. The summed E-state index contributed by atoms with van der Waals surface area (Å²) >= 11 is 0. The first kappa shape index (κ1) is 17.4. The van der Waals surface area contributed by atoms with Crippen LogP contribution < -0.4 is 0 Å². The molecule has 0 atom stereocenters. The fraction of sp³-hybridized carbons (Fsp3) is 0. The number of aromatic nitrogens is 3. The van der Waals surface area contributed by atoms with Crippen molar-refractivity contribution < 1.29 is 9.90 Å². The molecular formula is C23H17N3O2. The van der Waals surface area contributed by atoms with Crippen molar-refractivity contribution in [1.82, 2.24) is 15.2 Å². The summed E-state index contributed by atoms with van der Waals surface area (Å²) in [7, 11) is 0. The minimum absolute atomic E-state index is 0.273. The first-order valence-electron chi connectivity index (χ1n) is 8.77. The summed E-state index contributed by atoms with van der Waals surface area (Å²) in [6.07, 6.45) is 11.3. The monoisotopic (exact) mass is 367 g/mol. The fourth-order valence-electron chi connectivity index (χ4n) is 2.90. The van der Waals surface area contributed by atoms with Crippen LogP contribution in [0.15, 0.2) is 67.0 Å². The Morgan fingerprint density at radius 1 is 0.893 bits per heavy atom. The minimum atomic E-state index is -0.930. The van der Waals surface area contributed by atoms with Crippen molar-refractivity contribution in [2.24, 2.45) is 0 Å². The van der Waals surface area contributed by atoms with Crippen LogP contribution in [0, 0.1) is 0 Å². The van der Waals surface area contributed by atoms with E-state index >= 15 is 0 Å². The molecule has 0 aliphatic rings. The number of nitrogens with one attached hydrogen (secondary N) is 1. The third-order valence-corrected chi connectivity index (χ3v) is 4.34. The number of hydrogen-bond donors (Lipinski definition) is 2. The second kappa shape index (κ2) is 7.72. The lowest BCUT2D eigenvalue weighted by Gasteiger charge is -1.98. The largest absolute Gasteiger partial charge is 0.478 e. The second-order valence-electron chi connectivity index (χ2n) is 6.30. The van der Waals surface area contributed by atoms with E-state index in [9.17, 15) is 4.79 Å². The number of carbonyl (C=O) groups is 1. The lowest BCUT2D eigenvalue weighted by Crippen LogP contribution is -1.95. The van der Waals surface area contributed by atoms with Gasteiger partial charge < -0.3 is 5.11 Å². The Morgan fingerprint density at radius 2 is 1.68 bits per heavy atom. The molecule has 5 heteroatoms. The first-order valence-corrected chi connectivity index (χ1v) is 8.77.